The molecule has 0 aromatic rings. The third-order valence-corrected chi connectivity index (χ3v) is 10.3. The third kappa shape index (κ3) is 4.49. The van der Waals surface area contributed by atoms with Crippen molar-refractivity contribution >= 4 is 45.5 Å². The van der Waals surface area contributed by atoms with Crippen LogP contribution < -0.4 is 0 Å². The number of hydrogen-bond donors (Lipinski definition) is 2. The van der Waals surface area contributed by atoms with Gasteiger partial charge < -0.3 is 20.0 Å². The van der Waals surface area contributed by atoms with Gasteiger partial charge in [-0.3, -0.25) is 14.4 Å². The molecule has 180 valence electrons. The van der Waals surface area contributed by atoms with Crippen LogP contribution in [0, 0.1) is 11.8 Å². The molecular weight excluding hydrogens is 496 g/mol. The number of amides is 2. The minimum atomic E-state index is -0.947. The van der Waals surface area contributed by atoms with Crippen LogP contribution in [-0.2, 0) is 14.4 Å². The molecule has 0 aliphatic carbocycles. The highest BCUT2D eigenvalue weighted by Crippen LogP contribution is 2.67. The van der Waals surface area contributed by atoms with Gasteiger partial charge in [-0.1, -0.05) is 48.2 Å². The number of carboxylic acids is 1. The molecule has 0 aromatic heterocycles. The lowest BCUT2D eigenvalue weighted by atomic mass is 9.71. The first-order chi connectivity index (χ1) is 15.3. The Hall–Kier alpha value is -1.06. The van der Waals surface area contributed by atoms with Crippen molar-refractivity contribution in [1.82, 2.24) is 9.80 Å². The van der Waals surface area contributed by atoms with E-state index in [9.17, 15) is 19.5 Å². The van der Waals surface area contributed by atoms with Gasteiger partial charge in [0.1, 0.15) is 6.04 Å². The van der Waals surface area contributed by atoms with Crippen molar-refractivity contribution in [3.63, 3.8) is 0 Å². The second-order valence-electron chi connectivity index (χ2n) is 9.10. The number of rotatable bonds is 13. The molecule has 0 aromatic carbocycles. The molecule has 9 heteroatoms. The first-order valence-electron chi connectivity index (χ1n) is 11.7. The van der Waals surface area contributed by atoms with Gasteiger partial charge in [0, 0.05) is 36.3 Å². The number of fused-ring (bicyclic) bond motifs is 1. The third-order valence-electron chi connectivity index (χ3n) is 7.06. The average Bonchev–Trinajstić information content (AvgIpc) is 3.34. The van der Waals surface area contributed by atoms with Crippen molar-refractivity contribution in [2.24, 2.45) is 11.8 Å². The van der Waals surface area contributed by atoms with Gasteiger partial charge in [0.05, 0.1) is 16.6 Å². The number of nitrogens with zero attached hydrogens (tertiary/aromatic N) is 2. The summed E-state index contributed by atoms with van der Waals surface area (Å²) in [5.74, 6) is -2.64. The Morgan fingerprint density at radius 3 is 2.66 bits per heavy atom. The molecule has 32 heavy (non-hydrogen) atoms. The summed E-state index contributed by atoms with van der Waals surface area (Å²) in [6.45, 7) is 7.49. The van der Waals surface area contributed by atoms with Crippen LogP contribution in [0.15, 0.2) is 12.7 Å². The summed E-state index contributed by atoms with van der Waals surface area (Å²) in [5, 5.41) is 18.8. The van der Waals surface area contributed by atoms with E-state index in [0.717, 1.165) is 38.5 Å². The number of alkyl halides is 1. The Kier molecular flexibility index (Phi) is 8.72. The van der Waals surface area contributed by atoms with Crippen LogP contribution in [0.25, 0.3) is 0 Å². The summed E-state index contributed by atoms with van der Waals surface area (Å²) in [4.78, 5) is 43.2. The number of likely N-dealkylation sites (tertiary alicyclic amines) is 1. The smallest absolute Gasteiger partial charge is 0.308 e. The Bertz CT molecular complexity index is 737. The molecule has 1 spiro atoms. The summed E-state index contributed by atoms with van der Waals surface area (Å²) in [6.07, 6.45) is 7.33. The minimum Gasteiger partial charge on any atom is -0.481 e. The van der Waals surface area contributed by atoms with Gasteiger partial charge in [-0.05, 0) is 25.7 Å². The van der Waals surface area contributed by atoms with E-state index in [0.29, 0.717) is 26.1 Å². The monoisotopic (exact) mass is 530 g/mol. The molecule has 7 nitrogen and oxygen atoms in total. The summed E-state index contributed by atoms with van der Waals surface area (Å²) in [7, 11) is 0. The highest BCUT2D eigenvalue weighted by molar-refractivity contribution is 9.09. The van der Waals surface area contributed by atoms with E-state index >= 15 is 0 Å². The molecule has 0 radical (unpaired) electrons. The fraction of sp³-hybridized carbons (Fsp3) is 0.783. The van der Waals surface area contributed by atoms with Gasteiger partial charge >= 0.3 is 5.97 Å². The van der Waals surface area contributed by atoms with Crippen LogP contribution in [-0.4, -0.2) is 84.9 Å². The summed E-state index contributed by atoms with van der Waals surface area (Å²) in [5.41, 5.74) is 0. The minimum absolute atomic E-state index is 0.0269. The second-order valence-corrected chi connectivity index (χ2v) is 11.8. The summed E-state index contributed by atoms with van der Waals surface area (Å²) >= 11 is 5.21. The number of hydrogen-bond acceptors (Lipinski definition) is 5. The zero-order chi connectivity index (χ0) is 23.5. The Balaban J connectivity index is 1.93. The number of carbonyl (C=O) groups excluding carboxylic acids is 2. The molecule has 2 bridgehead atoms. The van der Waals surface area contributed by atoms with E-state index in [1.54, 1.807) is 27.6 Å². The van der Waals surface area contributed by atoms with Gasteiger partial charge in [-0.2, -0.15) is 0 Å². The molecule has 3 aliphatic heterocycles. The molecule has 3 unspecified atom stereocenters. The maximum atomic E-state index is 13.9. The zero-order valence-corrected chi connectivity index (χ0v) is 21.2. The maximum absolute atomic E-state index is 13.9. The second kappa shape index (κ2) is 10.9. The van der Waals surface area contributed by atoms with Crippen LogP contribution in [0.4, 0.5) is 0 Å². The van der Waals surface area contributed by atoms with Gasteiger partial charge in [0.25, 0.3) is 0 Å². The van der Waals surface area contributed by atoms with Crippen LogP contribution in [0.2, 0.25) is 0 Å². The first-order valence-corrected chi connectivity index (χ1v) is 13.5. The van der Waals surface area contributed by atoms with E-state index in [1.165, 1.54) is 0 Å². The standard InChI is InChI=1S/C23H35BrN2O5S/c1-3-5-11-25(10-4-2)21(29)19-23-14-15(24)18(32-23)16(22(30)31)17(23)20(28)26(19)12-8-6-7-9-13-27/h4,15-19,27H,2-3,5-14H2,1H3,(H,30,31)/t15?,16-,17+,18-,19?,23?/m1/s1. The highest BCUT2D eigenvalue weighted by atomic mass is 79.9. The van der Waals surface area contributed by atoms with Gasteiger partial charge in [-0.15, -0.1) is 18.3 Å². The van der Waals surface area contributed by atoms with Gasteiger partial charge in [0.2, 0.25) is 11.8 Å². The number of unbranched alkanes of at least 4 members (excludes halogenated alkanes) is 4. The van der Waals surface area contributed by atoms with Gasteiger partial charge in [0.15, 0.2) is 0 Å². The lowest BCUT2D eigenvalue weighted by molar-refractivity contribution is -0.148. The van der Waals surface area contributed by atoms with E-state index in [4.69, 9.17) is 5.11 Å². The molecule has 6 atom stereocenters. The van der Waals surface area contributed by atoms with Crippen LogP contribution in [0.5, 0.6) is 0 Å². The largest absolute Gasteiger partial charge is 0.481 e. The highest BCUT2D eigenvalue weighted by Gasteiger charge is 2.75. The fourth-order valence-corrected chi connectivity index (χ4v) is 9.25. The quantitative estimate of drug-likeness (QED) is 0.216. The SMILES string of the molecule is C=CCN(CCCC)C(=O)C1N(CCCCCCO)C(=O)[C@@H]2[C@@H](C(=O)O)[C@@H]3SC12CC3Br. The first kappa shape index (κ1) is 25.6. The lowest BCUT2D eigenvalue weighted by Crippen LogP contribution is -2.55. The van der Waals surface area contributed by atoms with E-state index in [2.05, 4.69) is 29.4 Å². The van der Waals surface area contributed by atoms with Crippen molar-refractivity contribution in [2.45, 2.75) is 72.7 Å². The predicted molar refractivity (Wildman–Crippen MR) is 129 cm³/mol. The number of carboxylic acid groups (broad SMARTS) is 1. The molecule has 0 saturated carbocycles. The molecule has 3 fully saturated rings. The van der Waals surface area contributed by atoms with Crippen LogP contribution in [0.3, 0.4) is 0 Å². The van der Waals surface area contributed by atoms with Crippen molar-refractivity contribution in [1.29, 1.82) is 0 Å². The molecule has 3 saturated heterocycles. The van der Waals surface area contributed by atoms with Crippen molar-refractivity contribution in [2.75, 3.05) is 26.2 Å². The number of thioether (sulfide) groups is 1. The maximum Gasteiger partial charge on any atom is 0.308 e. The predicted octanol–water partition coefficient (Wildman–Crippen LogP) is 2.90. The molecule has 3 aliphatic rings. The topological polar surface area (TPSA) is 98.2 Å². The Morgan fingerprint density at radius 2 is 2.03 bits per heavy atom. The molecule has 3 rings (SSSR count). The molecule has 2 N–H and O–H groups in total. The number of aliphatic hydroxyl groups is 1. The summed E-state index contributed by atoms with van der Waals surface area (Å²) < 4.78 is -0.702. The van der Waals surface area contributed by atoms with Crippen molar-refractivity contribution in [3.05, 3.63) is 12.7 Å². The van der Waals surface area contributed by atoms with E-state index < -0.39 is 28.6 Å². The van der Waals surface area contributed by atoms with Gasteiger partial charge in [-0.25, -0.2) is 0 Å². The zero-order valence-electron chi connectivity index (χ0n) is 18.7. The van der Waals surface area contributed by atoms with Crippen LogP contribution >= 0.6 is 27.7 Å². The number of aliphatic carboxylic acids is 1. The summed E-state index contributed by atoms with van der Waals surface area (Å²) in [6, 6.07) is -0.644. The Morgan fingerprint density at radius 1 is 1.31 bits per heavy atom. The molecular formula is C23H35BrN2O5S. The van der Waals surface area contributed by atoms with Crippen molar-refractivity contribution in [3.8, 4) is 0 Å². The number of aliphatic hydroxyl groups excluding tert-OH is 1. The van der Waals surface area contributed by atoms with Crippen molar-refractivity contribution < 1.29 is 24.6 Å². The number of halogens is 1. The molecule has 3 heterocycles. The number of carbonyl (C=O) groups is 3. The normalized spacial score (nSPS) is 32.9. The van der Waals surface area contributed by atoms with E-state index in [1.807, 2.05) is 0 Å². The average molecular weight is 532 g/mol. The van der Waals surface area contributed by atoms with E-state index in [-0.39, 0.29) is 28.5 Å². The lowest BCUT2D eigenvalue weighted by Gasteiger charge is -2.37. The van der Waals surface area contributed by atoms with Crippen LogP contribution in [0.1, 0.15) is 51.9 Å². The molecule has 2 amide bonds. The Labute approximate surface area is 203 Å². The fourth-order valence-electron chi connectivity index (χ4n) is 5.65.